The van der Waals surface area contributed by atoms with E-state index in [2.05, 4.69) is 10.9 Å². The number of nitrogens with one attached hydrogen (secondary N) is 1. The lowest BCUT2D eigenvalue weighted by Gasteiger charge is -2.05. The van der Waals surface area contributed by atoms with Gasteiger partial charge in [-0.25, -0.2) is 0 Å². The van der Waals surface area contributed by atoms with Crippen LogP contribution in [-0.4, -0.2) is 11.1 Å². The summed E-state index contributed by atoms with van der Waals surface area (Å²) >= 11 is 0. The Kier molecular flexibility index (Phi) is 2.52. The van der Waals surface area contributed by atoms with Crippen molar-refractivity contribution in [2.75, 3.05) is 0 Å². The smallest absolute Gasteiger partial charge is 0.283 e. The van der Waals surface area contributed by atoms with Crippen LogP contribution in [0, 0.1) is 6.92 Å². The van der Waals surface area contributed by atoms with E-state index in [-0.39, 0.29) is 17.7 Å². The van der Waals surface area contributed by atoms with Crippen LogP contribution in [0.1, 0.15) is 23.8 Å². The molecule has 1 aromatic rings. The molecule has 6 nitrogen and oxygen atoms in total. The van der Waals surface area contributed by atoms with Crippen molar-refractivity contribution in [1.29, 1.82) is 0 Å². The zero-order valence-electron chi connectivity index (χ0n) is 7.12. The molecule has 1 rings (SSSR count). The van der Waals surface area contributed by atoms with Crippen molar-refractivity contribution in [1.82, 2.24) is 5.16 Å². The van der Waals surface area contributed by atoms with E-state index in [1.807, 2.05) is 0 Å². The first-order valence-corrected chi connectivity index (χ1v) is 3.73. The molecule has 13 heavy (non-hydrogen) atoms. The van der Waals surface area contributed by atoms with Crippen molar-refractivity contribution in [2.24, 2.45) is 0 Å². The van der Waals surface area contributed by atoms with E-state index < -0.39 is 12.0 Å². The maximum atomic E-state index is 10.9. The molecule has 6 heteroatoms. The molecule has 0 amide bonds. The van der Waals surface area contributed by atoms with Gasteiger partial charge in [-0.05, 0) is 6.92 Å². The minimum atomic E-state index is -1.22. The highest BCUT2D eigenvalue weighted by Crippen LogP contribution is 2.12. The van der Waals surface area contributed by atoms with E-state index in [4.69, 9.17) is 4.52 Å². The average Bonchev–Trinajstić information content (AvgIpc) is 2.31. The minimum Gasteiger partial charge on any atom is -0.550 e. The monoisotopic (exact) mass is 186 g/mol. The van der Waals surface area contributed by atoms with Crippen LogP contribution in [0.3, 0.4) is 0 Å². The highest BCUT2D eigenvalue weighted by Gasteiger charge is 2.19. The molecule has 0 aliphatic heterocycles. The van der Waals surface area contributed by atoms with Crippen molar-refractivity contribution in [3.05, 3.63) is 21.7 Å². The van der Waals surface area contributed by atoms with Crippen molar-refractivity contribution in [3.63, 3.8) is 0 Å². The lowest BCUT2D eigenvalue weighted by molar-refractivity contribution is -0.434. The van der Waals surface area contributed by atoms with E-state index in [0.717, 1.165) is 0 Å². The van der Waals surface area contributed by atoms with E-state index in [0.29, 0.717) is 5.56 Å². The molecular formula is C7H10N2O4. The van der Waals surface area contributed by atoms with Crippen LogP contribution >= 0.6 is 0 Å². The number of aromatic nitrogens is 1. The number of carbonyl (C=O) groups is 1. The van der Waals surface area contributed by atoms with E-state index in [9.17, 15) is 14.7 Å². The fourth-order valence-corrected chi connectivity index (χ4v) is 1.05. The topological polar surface area (TPSA) is 114 Å². The lowest BCUT2D eigenvalue weighted by atomic mass is 10.1. The number of quaternary nitrogens is 1. The molecule has 0 aromatic carbocycles. The molecule has 1 heterocycles. The van der Waals surface area contributed by atoms with Crippen LogP contribution in [0.25, 0.3) is 0 Å². The quantitative estimate of drug-likeness (QED) is 0.552. The zero-order valence-corrected chi connectivity index (χ0v) is 7.12. The molecule has 0 radical (unpaired) electrons. The van der Waals surface area contributed by atoms with Gasteiger partial charge in [-0.15, -0.1) is 0 Å². The van der Waals surface area contributed by atoms with Gasteiger partial charge in [-0.3, -0.25) is 4.79 Å². The Hall–Kier alpha value is -1.56. The normalized spacial score (nSPS) is 12.8. The van der Waals surface area contributed by atoms with Gasteiger partial charge >= 0.3 is 0 Å². The third kappa shape index (κ3) is 1.97. The number of H-pyrrole nitrogens is 1. The maximum Gasteiger partial charge on any atom is 0.283 e. The van der Waals surface area contributed by atoms with Gasteiger partial charge < -0.3 is 20.2 Å². The SMILES string of the molecule is Cc1c([C@@H]([NH3+])CC(=O)[O-])o[nH]c1=O. The predicted molar refractivity (Wildman–Crippen MR) is 39.3 cm³/mol. The summed E-state index contributed by atoms with van der Waals surface area (Å²) in [7, 11) is 0. The van der Waals surface area contributed by atoms with Gasteiger partial charge in [0, 0.05) is 12.4 Å². The number of carbonyl (C=O) groups excluding carboxylic acids is 1. The highest BCUT2D eigenvalue weighted by atomic mass is 16.5. The van der Waals surface area contributed by atoms with E-state index in [1.165, 1.54) is 0 Å². The standard InChI is InChI=1S/C7H10N2O4/c1-3-6(13-9-7(3)12)4(8)2-5(10)11/h4H,2,8H2,1H3,(H,9,12)(H,10,11)/t4-/m0/s1. The Balaban J connectivity index is 2.88. The fraction of sp³-hybridized carbons (Fsp3) is 0.429. The second-order valence-electron chi connectivity index (χ2n) is 2.80. The Bertz CT molecular complexity index is 365. The van der Waals surface area contributed by atoms with Gasteiger partial charge in [0.25, 0.3) is 5.56 Å². The summed E-state index contributed by atoms with van der Waals surface area (Å²) in [6.45, 7) is 1.55. The average molecular weight is 186 g/mol. The molecule has 0 saturated heterocycles. The Morgan fingerprint density at radius 2 is 2.38 bits per heavy atom. The largest absolute Gasteiger partial charge is 0.550 e. The van der Waals surface area contributed by atoms with Gasteiger partial charge in [-0.1, -0.05) is 0 Å². The third-order valence-corrected chi connectivity index (χ3v) is 1.75. The number of hydrogen-bond acceptors (Lipinski definition) is 4. The highest BCUT2D eigenvalue weighted by molar-refractivity contribution is 5.65. The van der Waals surface area contributed by atoms with Gasteiger partial charge in [0.05, 0.1) is 5.56 Å². The molecule has 4 N–H and O–H groups in total. The van der Waals surface area contributed by atoms with Crippen LogP contribution < -0.4 is 16.4 Å². The molecule has 0 aliphatic carbocycles. The molecule has 0 spiro atoms. The Morgan fingerprint density at radius 3 is 2.77 bits per heavy atom. The van der Waals surface area contributed by atoms with Crippen LogP contribution in [-0.2, 0) is 4.79 Å². The number of rotatable bonds is 3. The molecular weight excluding hydrogens is 176 g/mol. The van der Waals surface area contributed by atoms with Crippen molar-refractivity contribution in [2.45, 2.75) is 19.4 Å². The van der Waals surface area contributed by atoms with Crippen molar-refractivity contribution < 1.29 is 20.2 Å². The summed E-state index contributed by atoms with van der Waals surface area (Å²) in [5.41, 5.74) is 3.55. The number of hydrogen-bond donors (Lipinski definition) is 2. The Morgan fingerprint density at radius 1 is 1.77 bits per heavy atom. The summed E-state index contributed by atoms with van der Waals surface area (Å²) in [5, 5.41) is 12.3. The van der Waals surface area contributed by atoms with Crippen LogP contribution in [0.5, 0.6) is 0 Å². The summed E-state index contributed by atoms with van der Waals surface area (Å²) < 4.78 is 4.77. The first-order chi connectivity index (χ1) is 6.02. The second kappa shape index (κ2) is 3.44. The molecule has 0 saturated carbocycles. The van der Waals surface area contributed by atoms with Crippen LogP contribution in [0.2, 0.25) is 0 Å². The number of carboxylic acid groups (broad SMARTS) is 1. The fourth-order valence-electron chi connectivity index (χ4n) is 1.05. The molecule has 0 bridgehead atoms. The predicted octanol–water partition coefficient (Wildman–Crippen LogP) is -2.30. The number of aromatic amines is 1. The van der Waals surface area contributed by atoms with E-state index in [1.54, 1.807) is 6.92 Å². The molecule has 72 valence electrons. The van der Waals surface area contributed by atoms with Crippen LogP contribution in [0.4, 0.5) is 0 Å². The summed E-state index contributed by atoms with van der Waals surface area (Å²) in [4.78, 5) is 21.1. The van der Waals surface area contributed by atoms with Gasteiger partial charge in [0.15, 0.2) is 11.8 Å². The molecule has 0 fully saturated rings. The van der Waals surface area contributed by atoms with E-state index >= 15 is 0 Å². The summed E-state index contributed by atoms with van der Waals surface area (Å²) in [6.07, 6.45) is -0.262. The first-order valence-electron chi connectivity index (χ1n) is 3.73. The molecule has 0 unspecified atom stereocenters. The molecule has 1 atom stereocenters. The third-order valence-electron chi connectivity index (χ3n) is 1.75. The number of aliphatic carboxylic acids is 1. The minimum absolute atomic E-state index is 0.262. The van der Waals surface area contributed by atoms with Gasteiger partial charge in [0.2, 0.25) is 0 Å². The van der Waals surface area contributed by atoms with Crippen LogP contribution in [0.15, 0.2) is 9.32 Å². The molecule has 1 aromatic heterocycles. The lowest BCUT2D eigenvalue weighted by Crippen LogP contribution is -2.55. The van der Waals surface area contributed by atoms with Gasteiger partial charge in [0.1, 0.15) is 0 Å². The molecule has 0 aliphatic rings. The second-order valence-corrected chi connectivity index (χ2v) is 2.80. The maximum absolute atomic E-state index is 10.9. The summed E-state index contributed by atoms with van der Waals surface area (Å²) in [6, 6.07) is -0.594. The first kappa shape index (κ1) is 9.53. The van der Waals surface area contributed by atoms with Gasteiger partial charge in [-0.2, -0.15) is 5.16 Å². The zero-order chi connectivity index (χ0) is 10.0. The Labute approximate surface area is 73.3 Å². The number of carboxylic acids is 1. The van der Waals surface area contributed by atoms with Crippen molar-refractivity contribution >= 4 is 5.97 Å². The van der Waals surface area contributed by atoms with Crippen molar-refractivity contribution in [3.8, 4) is 0 Å². The summed E-state index contributed by atoms with van der Waals surface area (Å²) in [5.74, 6) is -0.947.